The van der Waals surface area contributed by atoms with E-state index in [1.165, 1.54) is 10.3 Å². The van der Waals surface area contributed by atoms with Gasteiger partial charge in [0.15, 0.2) is 0 Å². The van der Waals surface area contributed by atoms with Gasteiger partial charge in [-0.1, -0.05) is 25.5 Å². The number of aromatic nitrogens is 1. The molecule has 2 N–H and O–H groups in total. The third kappa shape index (κ3) is 2.03. The Labute approximate surface area is 94.1 Å². The number of nitrogens with two attached hydrogens (primary N) is 1. The second kappa shape index (κ2) is 4.29. The molecule has 0 radical (unpaired) electrons. The van der Waals surface area contributed by atoms with E-state index in [4.69, 9.17) is 5.73 Å². The van der Waals surface area contributed by atoms with Crippen molar-refractivity contribution in [1.29, 1.82) is 0 Å². The number of rotatable bonds is 3. The zero-order chi connectivity index (χ0) is 10.8. The molecule has 0 saturated heterocycles. The predicted molar refractivity (Wildman–Crippen MR) is 66.2 cm³/mol. The highest BCUT2D eigenvalue weighted by Gasteiger charge is 2.11. The van der Waals surface area contributed by atoms with Crippen LogP contribution in [0.5, 0.6) is 0 Å². The van der Waals surface area contributed by atoms with Gasteiger partial charge in [-0.25, -0.2) is 4.98 Å². The first-order valence-corrected chi connectivity index (χ1v) is 6.15. The summed E-state index contributed by atoms with van der Waals surface area (Å²) in [6, 6.07) is 6.39. The van der Waals surface area contributed by atoms with Crippen molar-refractivity contribution in [3.8, 4) is 0 Å². The van der Waals surface area contributed by atoms with Crippen molar-refractivity contribution in [2.24, 2.45) is 5.73 Å². The van der Waals surface area contributed by atoms with Crippen LogP contribution in [0, 0.1) is 6.92 Å². The van der Waals surface area contributed by atoms with Crippen LogP contribution in [0.4, 0.5) is 0 Å². The van der Waals surface area contributed by atoms with Crippen LogP contribution in [0.2, 0.25) is 0 Å². The molecule has 1 atom stereocenters. The number of aryl methyl sites for hydroxylation is 1. The van der Waals surface area contributed by atoms with Crippen LogP contribution in [-0.4, -0.2) is 4.98 Å². The van der Waals surface area contributed by atoms with Gasteiger partial charge < -0.3 is 5.73 Å². The van der Waals surface area contributed by atoms with Crippen LogP contribution in [-0.2, 0) is 0 Å². The Morgan fingerprint density at radius 2 is 2.27 bits per heavy atom. The van der Waals surface area contributed by atoms with Gasteiger partial charge in [0.2, 0.25) is 0 Å². The number of fused-ring (bicyclic) bond motifs is 1. The topological polar surface area (TPSA) is 38.9 Å². The SMILES string of the molecule is CCCC(N)c1nc2c(C)cccc2s1. The molecule has 1 aromatic carbocycles. The lowest BCUT2D eigenvalue weighted by Crippen LogP contribution is -2.08. The highest BCUT2D eigenvalue weighted by molar-refractivity contribution is 7.18. The molecule has 2 aromatic rings. The Morgan fingerprint density at radius 3 is 2.93 bits per heavy atom. The first kappa shape index (κ1) is 10.6. The average Bonchev–Trinajstić information content (AvgIpc) is 2.63. The zero-order valence-electron chi connectivity index (χ0n) is 9.16. The van der Waals surface area contributed by atoms with E-state index < -0.39 is 0 Å². The largest absolute Gasteiger partial charge is 0.322 e. The molecule has 2 nitrogen and oxygen atoms in total. The van der Waals surface area contributed by atoms with E-state index in [1.807, 2.05) is 0 Å². The molecular formula is C12H16N2S. The van der Waals surface area contributed by atoms with Crippen molar-refractivity contribution in [2.45, 2.75) is 32.7 Å². The zero-order valence-corrected chi connectivity index (χ0v) is 9.97. The van der Waals surface area contributed by atoms with E-state index in [1.54, 1.807) is 11.3 Å². The van der Waals surface area contributed by atoms with E-state index in [2.05, 4.69) is 37.0 Å². The van der Waals surface area contributed by atoms with Crippen LogP contribution in [0.1, 0.15) is 36.4 Å². The lowest BCUT2D eigenvalue weighted by atomic mass is 10.2. The lowest BCUT2D eigenvalue weighted by Gasteiger charge is -2.04. The Kier molecular flexibility index (Phi) is 3.03. The molecule has 2 rings (SSSR count). The van der Waals surface area contributed by atoms with Crippen molar-refractivity contribution in [2.75, 3.05) is 0 Å². The molecular weight excluding hydrogens is 204 g/mol. The van der Waals surface area contributed by atoms with E-state index in [0.717, 1.165) is 23.4 Å². The van der Waals surface area contributed by atoms with Crippen LogP contribution in [0.25, 0.3) is 10.2 Å². The second-order valence-corrected chi connectivity index (χ2v) is 4.93. The Hall–Kier alpha value is -0.930. The van der Waals surface area contributed by atoms with Gasteiger partial charge >= 0.3 is 0 Å². The molecule has 0 amide bonds. The molecule has 80 valence electrons. The fourth-order valence-corrected chi connectivity index (χ4v) is 2.78. The molecule has 0 spiro atoms. The summed E-state index contributed by atoms with van der Waals surface area (Å²) < 4.78 is 1.25. The lowest BCUT2D eigenvalue weighted by molar-refractivity contribution is 0.636. The number of hydrogen-bond donors (Lipinski definition) is 1. The molecule has 1 unspecified atom stereocenters. The van der Waals surface area contributed by atoms with Crippen LogP contribution in [0.3, 0.4) is 0 Å². The smallest absolute Gasteiger partial charge is 0.111 e. The maximum Gasteiger partial charge on any atom is 0.111 e. The highest BCUT2D eigenvalue weighted by Crippen LogP contribution is 2.28. The van der Waals surface area contributed by atoms with Gasteiger partial charge in [-0.3, -0.25) is 0 Å². The summed E-state index contributed by atoms with van der Waals surface area (Å²) in [5.74, 6) is 0. The Morgan fingerprint density at radius 1 is 1.47 bits per heavy atom. The quantitative estimate of drug-likeness (QED) is 0.861. The number of benzene rings is 1. The van der Waals surface area contributed by atoms with Gasteiger partial charge in [0, 0.05) is 0 Å². The van der Waals surface area contributed by atoms with Crippen molar-refractivity contribution >= 4 is 21.6 Å². The molecule has 3 heteroatoms. The molecule has 1 aromatic heterocycles. The number of hydrogen-bond acceptors (Lipinski definition) is 3. The van der Waals surface area contributed by atoms with Gasteiger partial charge in [-0.05, 0) is 25.0 Å². The fourth-order valence-electron chi connectivity index (χ4n) is 1.70. The second-order valence-electron chi connectivity index (χ2n) is 3.87. The molecule has 0 saturated carbocycles. The van der Waals surface area contributed by atoms with E-state index >= 15 is 0 Å². The fraction of sp³-hybridized carbons (Fsp3) is 0.417. The normalized spacial score (nSPS) is 13.3. The third-order valence-corrected chi connectivity index (χ3v) is 3.71. The van der Waals surface area contributed by atoms with Crippen molar-refractivity contribution in [1.82, 2.24) is 4.98 Å². The highest BCUT2D eigenvalue weighted by atomic mass is 32.1. The standard InChI is InChI=1S/C12H16N2S/c1-3-5-9(13)12-14-11-8(2)6-4-7-10(11)15-12/h4,6-7,9H,3,5,13H2,1-2H3. The summed E-state index contributed by atoms with van der Waals surface area (Å²) in [7, 11) is 0. The van der Waals surface area contributed by atoms with E-state index in [0.29, 0.717) is 0 Å². The molecule has 0 aliphatic heterocycles. The van der Waals surface area contributed by atoms with Crippen molar-refractivity contribution in [3.05, 3.63) is 28.8 Å². The van der Waals surface area contributed by atoms with Crippen LogP contribution < -0.4 is 5.73 Å². The van der Waals surface area contributed by atoms with Gasteiger partial charge in [-0.15, -0.1) is 11.3 Å². The van der Waals surface area contributed by atoms with E-state index in [9.17, 15) is 0 Å². The van der Waals surface area contributed by atoms with Crippen LogP contribution >= 0.6 is 11.3 Å². The maximum absolute atomic E-state index is 6.07. The van der Waals surface area contributed by atoms with Gasteiger partial charge in [0.05, 0.1) is 16.3 Å². The summed E-state index contributed by atoms with van der Waals surface area (Å²) in [5.41, 5.74) is 8.42. The summed E-state index contributed by atoms with van der Waals surface area (Å²) in [4.78, 5) is 4.62. The molecule has 0 bridgehead atoms. The number of nitrogens with zero attached hydrogens (tertiary/aromatic N) is 1. The van der Waals surface area contributed by atoms with Crippen molar-refractivity contribution < 1.29 is 0 Å². The summed E-state index contributed by atoms with van der Waals surface area (Å²) in [6.45, 7) is 4.25. The molecule has 0 fully saturated rings. The monoisotopic (exact) mass is 220 g/mol. The number of para-hydroxylation sites is 1. The van der Waals surface area contributed by atoms with E-state index in [-0.39, 0.29) is 6.04 Å². The van der Waals surface area contributed by atoms with Crippen LogP contribution in [0.15, 0.2) is 18.2 Å². The molecule has 15 heavy (non-hydrogen) atoms. The number of thiazole rings is 1. The van der Waals surface area contributed by atoms with Gasteiger partial charge in [0.1, 0.15) is 5.01 Å². The third-order valence-electron chi connectivity index (χ3n) is 2.55. The molecule has 0 aliphatic carbocycles. The predicted octanol–water partition coefficient (Wildman–Crippen LogP) is 3.40. The minimum Gasteiger partial charge on any atom is -0.322 e. The minimum absolute atomic E-state index is 0.104. The van der Waals surface area contributed by atoms with Gasteiger partial charge in [0.25, 0.3) is 0 Å². The Bertz CT molecular complexity index is 462. The Balaban J connectivity index is 2.43. The maximum atomic E-state index is 6.07. The summed E-state index contributed by atoms with van der Waals surface area (Å²) >= 11 is 1.72. The average molecular weight is 220 g/mol. The summed E-state index contributed by atoms with van der Waals surface area (Å²) in [6.07, 6.45) is 2.12. The minimum atomic E-state index is 0.104. The molecule has 1 heterocycles. The van der Waals surface area contributed by atoms with Gasteiger partial charge in [-0.2, -0.15) is 0 Å². The first-order chi connectivity index (χ1) is 7.22. The summed E-state index contributed by atoms with van der Waals surface area (Å²) in [5, 5.41) is 1.07. The molecule has 0 aliphatic rings. The van der Waals surface area contributed by atoms with Crippen molar-refractivity contribution in [3.63, 3.8) is 0 Å². The first-order valence-electron chi connectivity index (χ1n) is 5.34.